The number of carbonyl (C=O) groups is 2. The van der Waals surface area contributed by atoms with Crippen LogP contribution >= 0.6 is 0 Å². The first kappa shape index (κ1) is 15.9. The summed E-state index contributed by atoms with van der Waals surface area (Å²) in [5.41, 5.74) is -0.254. The van der Waals surface area contributed by atoms with Crippen LogP contribution in [0.4, 0.5) is 0 Å². The number of hydrogen-bond donors (Lipinski definition) is 2. The van der Waals surface area contributed by atoms with Crippen molar-refractivity contribution in [2.24, 2.45) is 0 Å². The normalized spacial score (nSPS) is 18.0. The summed E-state index contributed by atoms with van der Waals surface area (Å²) in [7, 11) is 0. The number of rotatable bonds is 4. The Hall–Kier alpha value is -1.14. The molecule has 0 aromatic rings. The third kappa shape index (κ3) is 6.02. The van der Waals surface area contributed by atoms with E-state index < -0.39 is 0 Å². The van der Waals surface area contributed by atoms with Gasteiger partial charge in [0.05, 0.1) is 25.8 Å². The zero-order valence-corrected chi connectivity index (χ0v) is 12.3. The molecule has 1 rings (SSSR count). The fourth-order valence-electron chi connectivity index (χ4n) is 1.85. The quantitative estimate of drug-likeness (QED) is 0.739. The summed E-state index contributed by atoms with van der Waals surface area (Å²) in [5, 5.41) is 5.80. The Morgan fingerprint density at radius 2 is 1.84 bits per heavy atom. The number of nitrogens with zero attached hydrogens (tertiary/aromatic N) is 1. The van der Waals surface area contributed by atoms with Gasteiger partial charge in [-0.15, -0.1) is 0 Å². The Morgan fingerprint density at radius 3 is 2.37 bits per heavy atom. The highest BCUT2D eigenvalue weighted by molar-refractivity contribution is 5.83. The zero-order valence-electron chi connectivity index (χ0n) is 12.3. The van der Waals surface area contributed by atoms with Crippen LogP contribution < -0.4 is 10.6 Å². The maximum atomic E-state index is 12.1. The molecule has 19 heavy (non-hydrogen) atoms. The zero-order chi connectivity index (χ0) is 14.5. The SMILES string of the molecule is CC(NCC(=O)NC(C)(C)C)C(=O)N1CCOCC1. The molecule has 2 amide bonds. The van der Waals surface area contributed by atoms with Gasteiger partial charge in [-0.25, -0.2) is 0 Å². The van der Waals surface area contributed by atoms with Crippen LogP contribution in [0.1, 0.15) is 27.7 Å². The van der Waals surface area contributed by atoms with E-state index in [1.54, 1.807) is 11.8 Å². The number of ether oxygens (including phenoxy) is 1. The number of amides is 2. The maximum absolute atomic E-state index is 12.1. The molecular weight excluding hydrogens is 246 g/mol. The largest absolute Gasteiger partial charge is 0.378 e. The Kier molecular flexibility index (Phi) is 5.75. The minimum absolute atomic E-state index is 0.0202. The van der Waals surface area contributed by atoms with Crippen molar-refractivity contribution in [3.05, 3.63) is 0 Å². The summed E-state index contributed by atoms with van der Waals surface area (Å²) in [6, 6.07) is -0.358. The first-order valence-electron chi connectivity index (χ1n) is 6.70. The topological polar surface area (TPSA) is 70.7 Å². The van der Waals surface area contributed by atoms with E-state index in [0.717, 1.165) is 0 Å². The van der Waals surface area contributed by atoms with Crippen LogP contribution in [0.15, 0.2) is 0 Å². The molecule has 0 aliphatic carbocycles. The summed E-state index contributed by atoms with van der Waals surface area (Å²) >= 11 is 0. The van der Waals surface area contributed by atoms with Gasteiger partial charge in [0.25, 0.3) is 0 Å². The summed E-state index contributed by atoms with van der Waals surface area (Å²) < 4.78 is 5.20. The third-order valence-corrected chi connectivity index (χ3v) is 2.78. The minimum atomic E-state index is -0.358. The first-order valence-corrected chi connectivity index (χ1v) is 6.70. The van der Waals surface area contributed by atoms with E-state index in [-0.39, 0.29) is 29.9 Å². The number of carbonyl (C=O) groups excluding carboxylic acids is 2. The van der Waals surface area contributed by atoms with E-state index in [9.17, 15) is 9.59 Å². The smallest absolute Gasteiger partial charge is 0.239 e. The number of nitrogens with one attached hydrogen (secondary N) is 2. The highest BCUT2D eigenvalue weighted by atomic mass is 16.5. The average molecular weight is 271 g/mol. The molecule has 0 radical (unpaired) electrons. The van der Waals surface area contributed by atoms with Crippen LogP contribution in [-0.4, -0.2) is 61.1 Å². The van der Waals surface area contributed by atoms with Gasteiger partial charge in [-0.1, -0.05) is 0 Å². The molecule has 1 heterocycles. The standard InChI is InChI=1S/C13H25N3O3/c1-10(12(18)16-5-7-19-8-6-16)14-9-11(17)15-13(2,3)4/h10,14H,5-9H2,1-4H3,(H,15,17). The lowest BCUT2D eigenvalue weighted by molar-refractivity contribution is -0.137. The number of morpholine rings is 1. The second-order valence-corrected chi connectivity index (χ2v) is 5.84. The van der Waals surface area contributed by atoms with E-state index in [0.29, 0.717) is 26.3 Å². The van der Waals surface area contributed by atoms with Gasteiger partial charge in [-0.2, -0.15) is 0 Å². The molecule has 0 aromatic heterocycles. The lowest BCUT2D eigenvalue weighted by Gasteiger charge is -2.29. The summed E-state index contributed by atoms with van der Waals surface area (Å²) in [5.74, 6) is -0.0824. The predicted molar refractivity (Wildman–Crippen MR) is 72.8 cm³/mol. The molecule has 1 aliphatic rings. The molecule has 1 saturated heterocycles. The van der Waals surface area contributed by atoms with E-state index in [4.69, 9.17) is 4.74 Å². The fourth-order valence-corrected chi connectivity index (χ4v) is 1.85. The summed E-state index contributed by atoms with van der Waals surface area (Å²) in [6.07, 6.45) is 0. The molecule has 1 aliphatic heterocycles. The van der Waals surface area contributed by atoms with Crippen LogP contribution in [-0.2, 0) is 14.3 Å². The van der Waals surface area contributed by atoms with Gasteiger partial charge in [-0.05, 0) is 27.7 Å². The molecule has 0 spiro atoms. The van der Waals surface area contributed by atoms with E-state index >= 15 is 0 Å². The van der Waals surface area contributed by atoms with Crippen molar-refractivity contribution in [2.45, 2.75) is 39.3 Å². The van der Waals surface area contributed by atoms with E-state index in [1.165, 1.54) is 0 Å². The van der Waals surface area contributed by atoms with Gasteiger partial charge >= 0.3 is 0 Å². The summed E-state index contributed by atoms with van der Waals surface area (Å²) in [4.78, 5) is 25.5. The second kappa shape index (κ2) is 6.86. The first-order chi connectivity index (χ1) is 8.79. The van der Waals surface area contributed by atoms with Crippen molar-refractivity contribution in [3.63, 3.8) is 0 Å². The van der Waals surface area contributed by atoms with Crippen LogP contribution in [0, 0.1) is 0 Å². The van der Waals surface area contributed by atoms with E-state index in [1.807, 2.05) is 20.8 Å². The molecule has 1 atom stereocenters. The Balaban J connectivity index is 2.31. The van der Waals surface area contributed by atoms with Crippen LogP contribution in [0.5, 0.6) is 0 Å². The van der Waals surface area contributed by atoms with Crippen LogP contribution in [0.3, 0.4) is 0 Å². The van der Waals surface area contributed by atoms with Crippen molar-refractivity contribution >= 4 is 11.8 Å². The van der Waals surface area contributed by atoms with Gasteiger partial charge < -0.3 is 15.0 Å². The van der Waals surface area contributed by atoms with Crippen molar-refractivity contribution in [3.8, 4) is 0 Å². The predicted octanol–water partition coefficient (Wildman–Crippen LogP) is -0.262. The van der Waals surface area contributed by atoms with Gasteiger partial charge in [0.1, 0.15) is 0 Å². The lowest BCUT2D eigenvalue weighted by atomic mass is 10.1. The molecule has 0 aromatic carbocycles. The second-order valence-electron chi connectivity index (χ2n) is 5.84. The molecule has 2 N–H and O–H groups in total. The molecule has 1 fully saturated rings. The number of hydrogen-bond acceptors (Lipinski definition) is 4. The third-order valence-electron chi connectivity index (χ3n) is 2.78. The molecular formula is C13H25N3O3. The Bertz CT molecular complexity index is 320. The maximum Gasteiger partial charge on any atom is 0.239 e. The molecule has 0 saturated carbocycles. The molecule has 110 valence electrons. The van der Waals surface area contributed by atoms with Crippen molar-refractivity contribution in [1.29, 1.82) is 0 Å². The van der Waals surface area contributed by atoms with Crippen molar-refractivity contribution in [1.82, 2.24) is 15.5 Å². The van der Waals surface area contributed by atoms with Crippen LogP contribution in [0.2, 0.25) is 0 Å². The van der Waals surface area contributed by atoms with Crippen molar-refractivity contribution in [2.75, 3.05) is 32.8 Å². The van der Waals surface area contributed by atoms with Gasteiger partial charge in [0.15, 0.2) is 0 Å². The van der Waals surface area contributed by atoms with Gasteiger partial charge in [0, 0.05) is 18.6 Å². The molecule has 1 unspecified atom stereocenters. The minimum Gasteiger partial charge on any atom is -0.378 e. The highest BCUT2D eigenvalue weighted by Crippen LogP contribution is 2.01. The molecule has 6 nitrogen and oxygen atoms in total. The fraction of sp³-hybridized carbons (Fsp3) is 0.846. The monoisotopic (exact) mass is 271 g/mol. The highest BCUT2D eigenvalue weighted by Gasteiger charge is 2.23. The van der Waals surface area contributed by atoms with Crippen molar-refractivity contribution < 1.29 is 14.3 Å². The molecule has 0 bridgehead atoms. The Labute approximate surface area is 114 Å². The van der Waals surface area contributed by atoms with Gasteiger partial charge in [0.2, 0.25) is 11.8 Å². The van der Waals surface area contributed by atoms with E-state index in [2.05, 4.69) is 10.6 Å². The molecule has 6 heteroatoms. The van der Waals surface area contributed by atoms with Crippen LogP contribution in [0.25, 0.3) is 0 Å². The summed E-state index contributed by atoms with van der Waals surface area (Å²) in [6.45, 7) is 10.1. The lowest BCUT2D eigenvalue weighted by Crippen LogP contribution is -2.52. The van der Waals surface area contributed by atoms with Gasteiger partial charge in [-0.3, -0.25) is 14.9 Å². The Morgan fingerprint density at radius 1 is 1.26 bits per heavy atom. The average Bonchev–Trinajstić information content (AvgIpc) is 2.34.